The number of hydrogen-bond donors (Lipinski definition) is 2. The van der Waals surface area contributed by atoms with Gasteiger partial charge in [-0.15, -0.1) is 11.3 Å². The number of nitrogens with one attached hydrogen (secondary N) is 1. The zero-order valence-electron chi connectivity index (χ0n) is 10.4. The van der Waals surface area contributed by atoms with Crippen LogP contribution in [0, 0.1) is 5.41 Å². The van der Waals surface area contributed by atoms with Crippen molar-refractivity contribution in [2.75, 3.05) is 5.75 Å². The Bertz CT molecular complexity index is 450. The second-order valence-electron chi connectivity index (χ2n) is 5.65. The van der Waals surface area contributed by atoms with E-state index in [1.54, 1.807) is 0 Å². The molecule has 1 N–H and O–H groups in total. The molecule has 0 aliphatic heterocycles. The average Bonchev–Trinajstić information content (AvgIpc) is 2.96. The summed E-state index contributed by atoms with van der Waals surface area (Å²) in [5.74, 6) is 1.06. The Morgan fingerprint density at radius 2 is 2.39 bits per heavy atom. The summed E-state index contributed by atoms with van der Waals surface area (Å²) in [7, 11) is 0. The van der Waals surface area contributed by atoms with Crippen molar-refractivity contribution in [3.63, 3.8) is 0 Å². The van der Waals surface area contributed by atoms with E-state index in [9.17, 15) is 4.79 Å². The van der Waals surface area contributed by atoms with Gasteiger partial charge in [0, 0.05) is 11.3 Å². The van der Waals surface area contributed by atoms with Gasteiger partial charge in [-0.3, -0.25) is 4.79 Å². The van der Waals surface area contributed by atoms with Crippen LogP contribution in [0.25, 0.3) is 0 Å². The summed E-state index contributed by atoms with van der Waals surface area (Å²) in [6, 6.07) is 2.43. The van der Waals surface area contributed by atoms with Crippen LogP contribution in [-0.4, -0.2) is 11.7 Å². The molecule has 1 aromatic heterocycles. The van der Waals surface area contributed by atoms with Crippen LogP contribution in [0.1, 0.15) is 48.6 Å². The standard InChI is InChI=1S/C14H19NOS2/c16-13(8-14(9-17)5-6-14)15-11-2-1-3-12-10(11)4-7-18-12/h4,7,11,17H,1-3,5-6,8-9H2,(H,15,16). The maximum atomic E-state index is 12.1. The highest BCUT2D eigenvalue weighted by Crippen LogP contribution is 2.49. The Morgan fingerprint density at radius 3 is 3.11 bits per heavy atom. The summed E-state index contributed by atoms with van der Waals surface area (Å²) >= 11 is 6.18. The molecule has 2 aliphatic rings. The Morgan fingerprint density at radius 1 is 1.56 bits per heavy atom. The minimum absolute atomic E-state index is 0.214. The number of thiophene rings is 1. The predicted octanol–water partition coefficient (Wildman–Crippen LogP) is 3.34. The molecular weight excluding hydrogens is 262 g/mol. The predicted molar refractivity (Wildman–Crippen MR) is 78.3 cm³/mol. The Hall–Kier alpha value is -0.480. The third kappa shape index (κ3) is 2.45. The number of aryl methyl sites for hydroxylation is 1. The van der Waals surface area contributed by atoms with Crippen LogP contribution in [0.15, 0.2) is 11.4 Å². The molecule has 0 aromatic carbocycles. The van der Waals surface area contributed by atoms with Crippen LogP contribution in [0.5, 0.6) is 0 Å². The van der Waals surface area contributed by atoms with Gasteiger partial charge < -0.3 is 5.32 Å². The van der Waals surface area contributed by atoms with E-state index in [2.05, 4.69) is 29.4 Å². The van der Waals surface area contributed by atoms with E-state index in [0.717, 1.165) is 25.0 Å². The third-order valence-corrected chi connectivity index (χ3v) is 5.88. The van der Waals surface area contributed by atoms with Gasteiger partial charge in [-0.25, -0.2) is 0 Å². The maximum Gasteiger partial charge on any atom is 0.221 e. The molecule has 2 aliphatic carbocycles. The molecule has 18 heavy (non-hydrogen) atoms. The van der Waals surface area contributed by atoms with E-state index in [-0.39, 0.29) is 17.4 Å². The van der Waals surface area contributed by atoms with Crippen molar-refractivity contribution in [2.45, 2.75) is 44.6 Å². The number of hydrogen-bond acceptors (Lipinski definition) is 3. The third-order valence-electron chi connectivity index (χ3n) is 4.22. The van der Waals surface area contributed by atoms with E-state index in [4.69, 9.17) is 0 Å². The maximum absolute atomic E-state index is 12.1. The molecule has 0 saturated heterocycles. The lowest BCUT2D eigenvalue weighted by Crippen LogP contribution is -2.32. The first-order chi connectivity index (χ1) is 8.72. The van der Waals surface area contributed by atoms with Crippen molar-refractivity contribution in [3.05, 3.63) is 21.9 Å². The smallest absolute Gasteiger partial charge is 0.221 e. The van der Waals surface area contributed by atoms with E-state index >= 15 is 0 Å². The van der Waals surface area contributed by atoms with Crippen LogP contribution in [0.2, 0.25) is 0 Å². The summed E-state index contributed by atoms with van der Waals surface area (Å²) in [5, 5.41) is 5.37. The second-order valence-corrected chi connectivity index (χ2v) is 6.96. The fourth-order valence-corrected chi connectivity index (χ4v) is 4.21. The molecule has 98 valence electrons. The zero-order chi connectivity index (χ0) is 12.6. The molecule has 1 fully saturated rings. The van der Waals surface area contributed by atoms with Crippen molar-refractivity contribution < 1.29 is 4.79 Å². The quantitative estimate of drug-likeness (QED) is 0.814. The summed E-state index contributed by atoms with van der Waals surface area (Å²) in [4.78, 5) is 13.6. The van der Waals surface area contributed by atoms with Crippen molar-refractivity contribution in [1.82, 2.24) is 5.32 Å². The fourth-order valence-electron chi connectivity index (χ4n) is 2.79. The highest BCUT2D eigenvalue weighted by Gasteiger charge is 2.43. The summed E-state index contributed by atoms with van der Waals surface area (Å²) in [6.07, 6.45) is 6.45. The highest BCUT2D eigenvalue weighted by molar-refractivity contribution is 7.80. The van der Waals surface area contributed by atoms with E-state index in [0.29, 0.717) is 6.42 Å². The van der Waals surface area contributed by atoms with Gasteiger partial charge in [-0.2, -0.15) is 12.6 Å². The van der Waals surface area contributed by atoms with Crippen molar-refractivity contribution in [3.8, 4) is 0 Å². The molecule has 1 aromatic rings. The van der Waals surface area contributed by atoms with Crippen LogP contribution >= 0.6 is 24.0 Å². The molecule has 2 nitrogen and oxygen atoms in total. The van der Waals surface area contributed by atoms with Crippen molar-refractivity contribution in [2.24, 2.45) is 5.41 Å². The molecule has 0 radical (unpaired) electrons. The first-order valence-electron chi connectivity index (χ1n) is 6.69. The number of rotatable bonds is 4. The fraction of sp³-hybridized carbons (Fsp3) is 0.643. The lowest BCUT2D eigenvalue weighted by Gasteiger charge is -2.24. The van der Waals surface area contributed by atoms with E-state index in [1.807, 2.05) is 11.3 Å². The van der Waals surface area contributed by atoms with Crippen LogP contribution in [0.4, 0.5) is 0 Å². The van der Waals surface area contributed by atoms with Crippen molar-refractivity contribution in [1.29, 1.82) is 0 Å². The topological polar surface area (TPSA) is 29.1 Å². The Balaban J connectivity index is 1.62. The zero-order valence-corrected chi connectivity index (χ0v) is 12.2. The molecular formula is C14H19NOS2. The summed E-state index contributed by atoms with van der Waals surface area (Å²) < 4.78 is 0. The largest absolute Gasteiger partial charge is 0.349 e. The Kier molecular flexibility index (Phi) is 3.41. The number of fused-ring (bicyclic) bond motifs is 1. The minimum atomic E-state index is 0.214. The van der Waals surface area contributed by atoms with Crippen LogP contribution < -0.4 is 5.32 Å². The van der Waals surface area contributed by atoms with Gasteiger partial charge in [0.25, 0.3) is 0 Å². The SMILES string of the molecule is O=C(CC1(CS)CC1)NC1CCCc2sccc21. The number of carbonyl (C=O) groups excluding carboxylic acids is 1. The van der Waals surface area contributed by atoms with E-state index in [1.165, 1.54) is 23.3 Å². The molecule has 3 rings (SSSR count). The van der Waals surface area contributed by atoms with Crippen LogP contribution in [-0.2, 0) is 11.2 Å². The molecule has 0 bridgehead atoms. The summed E-state index contributed by atoms with van der Waals surface area (Å²) in [6.45, 7) is 0. The molecule has 4 heteroatoms. The number of carbonyl (C=O) groups is 1. The molecule has 1 saturated carbocycles. The number of amides is 1. The van der Waals surface area contributed by atoms with E-state index < -0.39 is 0 Å². The molecule has 1 atom stereocenters. The van der Waals surface area contributed by atoms with Crippen molar-refractivity contribution >= 4 is 29.9 Å². The lowest BCUT2D eigenvalue weighted by molar-refractivity contribution is -0.123. The molecule has 0 spiro atoms. The lowest BCUT2D eigenvalue weighted by atomic mass is 9.93. The summed E-state index contributed by atoms with van der Waals surface area (Å²) in [5.41, 5.74) is 1.58. The monoisotopic (exact) mass is 281 g/mol. The van der Waals surface area contributed by atoms with Gasteiger partial charge >= 0.3 is 0 Å². The van der Waals surface area contributed by atoms with Gasteiger partial charge in [0.15, 0.2) is 0 Å². The average molecular weight is 281 g/mol. The molecule has 1 amide bonds. The highest BCUT2D eigenvalue weighted by atomic mass is 32.1. The first-order valence-corrected chi connectivity index (χ1v) is 8.20. The van der Waals surface area contributed by atoms with Gasteiger partial charge in [0.05, 0.1) is 6.04 Å². The normalized spacial score (nSPS) is 24.4. The van der Waals surface area contributed by atoms with Gasteiger partial charge in [0.1, 0.15) is 0 Å². The van der Waals surface area contributed by atoms with Gasteiger partial charge in [-0.1, -0.05) is 0 Å². The molecule has 1 heterocycles. The number of thiol groups is 1. The van der Waals surface area contributed by atoms with Gasteiger partial charge in [0.2, 0.25) is 5.91 Å². The first kappa shape index (κ1) is 12.5. The Labute approximate surface area is 118 Å². The van der Waals surface area contributed by atoms with Gasteiger partial charge in [-0.05, 0) is 60.3 Å². The minimum Gasteiger partial charge on any atom is -0.349 e. The van der Waals surface area contributed by atoms with Crippen LogP contribution in [0.3, 0.4) is 0 Å². The molecule has 1 unspecified atom stereocenters. The second kappa shape index (κ2) is 4.89.